The third kappa shape index (κ3) is 1.77. The van der Waals surface area contributed by atoms with Gasteiger partial charge in [0, 0.05) is 28.9 Å². The molecule has 106 valence electrons. The van der Waals surface area contributed by atoms with Gasteiger partial charge in [-0.15, -0.1) is 0 Å². The molecule has 1 saturated heterocycles. The van der Waals surface area contributed by atoms with E-state index in [2.05, 4.69) is 48.4 Å². The van der Waals surface area contributed by atoms with Crippen molar-refractivity contribution in [2.45, 2.75) is 63.6 Å². The van der Waals surface area contributed by atoms with Crippen LogP contribution in [0.25, 0.3) is 0 Å². The maximum Gasteiger partial charge on any atom is 0.0654 e. The van der Waals surface area contributed by atoms with Crippen LogP contribution in [0.5, 0.6) is 0 Å². The third-order valence-corrected chi connectivity index (χ3v) is 5.33. The quantitative estimate of drug-likeness (QED) is 0.777. The summed E-state index contributed by atoms with van der Waals surface area (Å²) in [7, 11) is 0. The molecule has 2 atom stereocenters. The standard InChI is InChI=1S/C15H26N4/c1-11-13(16)15(12-5-8-17-19(11)12)6-9-18(10-7-15)14(2,3)4/h5,8,11,13H,6-7,9-10,16H2,1-4H3/t11?,13-/m1/s1. The summed E-state index contributed by atoms with van der Waals surface area (Å²) in [5.41, 5.74) is 8.33. The number of nitrogens with two attached hydrogens (primary N) is 1. The number of fused-ring (bicyclic) bond motifs is 2. The summed E-state index contributed by atoms with van der Waals surface area (Å²) in [6.45, 7) is 11.4. The molecule has 1 fully saturated rings. The van der Waals surface area contributed by atoms with Crippen molar-refractivity contribution >= 4 is 0 Å². The molecule has 2 N–H and O–H groups in total. The Labute approximate surface area is 116 Å². The average molecular weight is 262 g/mol. The van der Waals surface area contributed by atoms with Crippen LogP contribution in [-0.4, -0.2) is 39.4 Å². The van der Waals surface area contributed by atoms with Crippen LogP contribution in [0.15, 0.2) is 12.3 Å². The highest BCUT2D eigenvalue weighted by atomic mass is 15.3. The lowest BCUT2D eigenvalue weighted by Crippen LogP contribution is -2.55. The van der Waals surface area contributed by atoms with Gasteiger partial charge in [0.2, 0.25) is 0 Å². The Morgan fingerprint density at radius 2 is 1.95 bits per heavy atom. The lowest BCUT2D eigenvalue weighted by atomic mass is 9.70. The van der Waals surface area contributed by atoms with E-state index in [-0.39, 0.29) is 17.0 Å². The first-order valence-electron chi connectivity index (χ1n) is 7.41. The molecule has 0 aliphatic carbocycles. The molecule has 19 heavy (non-hydrogen) atoms. The first-order valence-corrected chi connectivity index (χ1v) is 7.41. The number of piperidine rings is 1. The number of hydrogen-bond donors (Lipinski definition) is 1. The molecule has 3 heterocycles. The summed E-state index contributed by atoms with van der Waals surface area (Å²) in [5, 5.41) is 4.47. The maximum atomic E-state index is 6.56. The highest BCUT2D eigenvalue weighted by Crippen LogP contribution is 2.47. The molecule has 1 aromatic heterocycles. The first-order chi connectivity index (χ1) is 8.86. The van der Waals surface area contributed by atoms with Crippen LogP contribution in [0.1, 0.15) is 52.3 Å². The zero-order chi connectivity index (χ0) is 13.8. The molecule has 0 saturated carbocycles. The van der Waals surface area contributed by atoms with Crippen molar-refractivity contribution in [1.29, 1.82) is 0 Å². The zero-order valence-corrected chi connectivity index (χ0v) is 12.6. The molecule has 4 heteroatoms. The number of likely N-dealkylation sites (tertiary alicyclic amines) is 1. The molecule has 1 unspecified atom stereocenters. The van der Waals surface area contributed by atoms with Crippen molar-refractivity contribution < 1.29 is 0 Å². The van der Waals surface area contributed by atoms with Crippen molar-refractivity contribution in [2.75, 3.05) is 13.1 Å². The summed E-state index contributed by atoms with van der Waals surface area (Å²) in [6.07, 6.45) is 4.23. The first kappa shape index (κ1) is 13.1. The van der Waals surface area contributed by atoms with Gasteiger partial charge in [-0.05, 0) is 59.7 Å². The fourth-order valence-electron chi connectivity index (χ4n) is 3.98. The molecule has 0 bridgehead atoms. The van der Waals surface area contributed by atoms with Crippen LogP contribution in [-0.2, 0) is 5.41 Å². The fraction of sp³-hybridized carbons (Fsp3) is 0.800. The van der Waals surface area contributed by atoms with Crippen LogP contribution in [0.3, 0.4) is 0 Å². The Bertz CT molecular complexity index is 463. The minimum atomic E-state index is 0.150. The Hall–Kier alpha value is -0.870. The molecular weight excluding hydrogens is 236 g/mol. The van der Waals surface area contributed by atoms with Crippen LogP contribution in [0, 0.1) is 0 Å². The smallest absolute Gasteiger partial charge is 0.0654 e. The SMILES string of the molecule is CC1[C@@H](N)C2(CCN(C(C)(C)C)CC2)c2ccnn21. The Kier molecular flexibility index (Phi) is 2.81. The molecule has 0 radical (unpaired) electrons. The number of rotatable bonds is 0. The Morgan fingerprint density at radius 1 is 1.32 bits per heavy atom. The Morgan fingerprint density at radius 3 is 2.53 bits per heavy atom. The summed E-state index contributed by atoms with van der Waals surface area (Å²) in [4.78, 5) is 2.58. The topological polar surface area (TPSA) is 47.1 Å². The number of hydrogen-bond acceptors (Lipinski definition) is 3. The Balaban J connectivity index is 1.88. The second-order valence-electron chi connectivity index (χ2n) is 7.24. The van der Waals surface area contributed by atoms with Crippen LogP contribution >= 0.6 is 0 Å². The van der Waals surface area contributed by atoms with Gasteiger partial charge >= 0.3 is 0 Å². The summed E-state index contributed by atoms with van der Waals surface area (Å²) >= 11 is 0. The predicted molar refractivity (Wildman–Crippen MR) is 77.2 cm³/mol. The molecule has 3 rings (SSSR count). The van der Waals surface area contributed by atoms with Gasteiger partial charge < -0.3 is 5.73 Å². The molecule has 1 spiro atoms. The second-order valence-corrected chi connectivity index (χ2v) is 7.24. The van der Waals surface area contributed by atoms with Crippen molar-refractivity contribution in [3.8, 4) is 0 Å². The van der Waals surface area contributed by atoms with Crippen molar-refractivity contribution in [3.63, 3.8) is 0 Å². The monoisotopic (exact) mass is 262 g/mol. The molecule has 4 nitrogen and oxygen atoms in total. The van der Waals surface area contributed by atoms with E-state index in [0.717, 1.165) is 25.9 Å². The zero-order valence-electron chi connectivity index (χ0n) is 12.6. The van der Waals surface area contributed by atoms with Crippen LogP contribution in [0.2, 0.25) is 0 Å². The lowest BCUT2D eigenvalue weighted by Gasteiger charge is -2.46. The lowest BCUT2D eigenvalue weighted by molar-refractivity contribution is 0.0670. The van der Waals surface area contributed by atoms with Crippen molar-refractivity contribution in [3.05, 3.63) is 18.0 Å². The van der Waals surface area contributed by atoms with E-state index in [1.807, 2.05) is 6.20 Å². The van der Waals surface area contributed by atoms with Crippen LogP contribution in [0.4, 0.5) is 0 Å². The molecule has 0 aromatic carbocycles. The molecular formula is C15H26N4. The van der Waals surface area contributed by atoms with E-state index in [9.17, 15) is 0 Å². The normalized spacial score (nSPS) is 30.8. The average Bonchev–Trinajstić information content (AvgIpc) is 2.90. The predicted octanol–water partition coefficient (Wildman–Crippen LogP) is 1.92. The molecule has 1 aromatic rings. The third-order valence-electron chi connectivity index (χ3n) is 5.33. The molecule has 2 aliphatic rings. The largest absolute Gasteiger partial charge is 0.325 e. The molecule has 0 amide bonds. The molecule has 2 aliphatic heterocycles. The van der Waals surface area contributed by atoms with Gasteiger partial charge in [0.15, 0.2) is 0 Å². The van der Waals surface area contributed by atoms with Gasteiger partial charge in [0.1, 0.15) is 0 Å². The van der Waals surface area contributed by atoms with Crippen molar-refractivity contribution in [2.24, 2.45) is 5.73 Å². The second kappa shape index (κ2) is 4.06. The van der Waals surface area contributed by atoms with E-state index in [1.165, 1.54) is 5.69 Å². The van der Waals surface area contributed by atoms with Gasteiger partial charge in [-0.2, -0.15) is 5.10 Å². The van der Waals surface area contributed by atoms with E-state index < -0.39 is 0 Å². The van der Waals surface area contributed by atoms with Gasteiger partial charge in [-0.3, -0.25) is 9.58 Å². The maximum absolute atomic E-state index is 6.56. The van der Waals surface area contributed by atoms with Gasteiger partial charge in [-0.1, -0.05) is 0 Å². The van der Waals surface area contributed by atoms with Gasteiger partial charge in [-0.25, -0.2) is 0 Å². The van der Waals surface area contributed by atoms with E-state index in [0.29, 0.717) is 6.04 Å². The summed E-state index contributed by atoms with van der Waals surface area (Å²) in [6, 6.07) is 2.71. The fourth-order valence-corrected chi connectivity index (χ4v) is 3.98. The number of aromatic nitrogens is 2. The minimum absolute atomic E-state index is 0.150. The number of nitrogens with zero attached hydrogens (tertiary/aromatic N) is 3. The van der Waals surface area contributed by atoms with Crippen molar-refractivity contribution in [1.82, 2.24) is 14.7 Å². The van der Waals surface area contributed by atoms with E-state index in [1.54, 1.807) is 0 Å². The van der Waals surface area contributed by atoms with E-state index in [4.69, 9.17) is 5.73 Å². The van der Waals surface area contributed by atoms with Crippen LogP contribution < -0.4 is 5.73 Å². The van der Waals surface area contributed by atoms with Gasteiger partial charge in [0.05, 0.1) is 6.04 Å². The summed E-state index contributed by atoms with van der Waals surface area (Å²) < 4.78 is 2.15. The highest BCUT2D eigenvalue weighted by Gasteiger charge is 2.51. The highest BCUT2D eigenvalue weighted by molar-refractivity contribution is 5.28. The summed E-state index contributed by atoms with van der Waals surface area (Å²) in [5.74, 6) is 0. The minimum Gasteiger partial charge on any atom is -0.325 e. The van der Waals surface area contributed by atoms with E-state index >= 15 is 0 Å². The van der Waals surface area contributed by atoms with Gasteiger partial charge in [0.25, 0.3) is 0 Å².